The molecule has 0 N–H and O–H groups in total. The fourth-order valence-corrected chi connectivity index (χ4v) is 12.2. The third kappa shape index (κ3) is 6.36. The Morgan fingerprint density at radius 3 is 1.82 bits per heavy atom. The average molecular weight is 717 g/mol. The minimum Gasteiger partial charge on any atom is -0.466 e. The van der Waals surface area contributed by atoms with Crippen LogP contribution in [0.4, 0.5) is 5.69 Å². The summed E-state index contributed by atoms with van der Waals surface area (Å²) in [4.78, 5) is 39.6. The van der Waals surface area contributed by atoms with E-state index in [0.29, 0.717) is 0 Å². The van der Waals surface area contributed by atoms with Crippen LogP contribution in [-0.4, -0.2) is 41.9 Å². The molecule has 9 nitrogen and oxygen atoms in total. The van der Waals surface area contributed by atoms with Gasteiger partial charge in [0.2, 0.25) is 0 Å². The number of aryl methyl sites for hydroxylation is 2. The van der Waals surface area contributed by atoms with Crippen molar-refractivity contribution in [1.82, 2.24) is 4.31 Å². The van der Waals surface area contributed by atoms with Crippen LogP contribution in [0.25, 0.3) is 5.70 Å². The summed E-state index contributed by atoms with van der Waals surface area (Å²) in [6.45, 7) is 0.430. The second kappa shape index (κ2) is 14.2. The Kier molecular flexibility index (Phi) is 9.74. The minimum atomic E-state index is -4.66. The van der Waals surface area contributed by atoms with Crippen LogP contribution < -0.4 is 15.9 Å². The maximum atomic E-state index is 15.6. The summed E-state index contributed by atoms with van der Waals surface area (Å²) in [7, 11) is -3.45. The quantitative estimate of drug-likeness (QED) is 0.0599. The van der Waals surface area contributed by atoms with Gasteiger partial charge in [0.1, 0.15) is 0 Å². The number of hydrogen-bond acceptors (Lipinski definition) is 7. The molecule has 0 aliphatic carbocycles. The third-order valence-electron chi connectivity index (χ3n) is 8.62. The molecule has 5 aromatic carbocycles. The predicted octanol–water partition coefficient (Wildman–Crippen LogP) is 6.05. The lowest BCUT2D eigenvalue weighted by molar-refractivity contribution is -0.384. The average Bonchev–Trinajstić information content (AvgIpc) is 3.45. The summed E-state index contributed by atoms with van der Waals surface area (Å²) >= 11 is 0. The largest absolute Gasteiger partial charge is 0.466 e. The first kappa shape index (κ1) is 35.0. The molecule has 6 rings (SSSR count). The number of sulfonamides is 1. The second-order valence-corrected chi connectivity index (χ2v) is 17.0. The van der Waals surface area contributed by atoms with Gasteiger partial charge in [-0.15, -0.1) is 0 Å². The van der Waals surface area contributed by atoms with E-state index in [4.69, 9.17) is 4.74 Å². The number of esters is 1. The SMILES string of the molecule is COC(=O)/C=C/C1=C(c2cccc([N+](=O)[O-])c2)N(S(=O)(=O)c2ccc(C)cc2)C(=O)C1=P(c1ccccc1)(c1ccccc1)c1ccc(C)cc1. The van der Waals surface area contributed by atoms with Crippen LogP contribution in [0.15, 0.2) is 156 Å². The van der Waals surface area contributed by atoms with Crippen molar-refractivity contribution in [3.05, 3.63) is 178 Å². The molecule has 0 radical (unpaired) electrons. The van der Waals surface area contributed by atoms with Crippen LogP contribution in [0.5, 0.6) is 0 Å². The highest BCUT2D eigenvalue weighted by molar-refractivity contribution is 7.97. The van der Waals surface area contributed by atoms with Crippen molar-refractivity contribution in [1.29, 1.82) is 0 Å². The molecule has 0 bridgehead atoms. The lowest BCUT2D eigenvalue weighted by Crippen LogP contribution is -2.38. The van der Waals surface area contributed by atoms with Gasteiger partial charge in [0, 0.05) is 29.3 Å². The molecule has 256 valence electrons. The zero-order chi connectivity index (χ0) is 36.3. The van der Waals surface area contributed by atoms with Crippen molar-refractivity contribution in [2.75, 3.05) is 7.11 Å². The Labute approximate surface area is 296 Å². The number of rotatable bonds is 9. The van der Waals surface area contributed by atoms with E-state index in [2.05, 4.69) is 0 Å². The number of nitro benzene ring substituents is 1. The summed E-state index contributed by atoms with van der Waals surface area (Å²) in [6.07, 6.45) is 2.51. The van der Waals surface area contributed by atoms with Gasteiger partial charge in [-0.3, -0.25) is 14.9 Å². The number of carbonyl (C=O) groups is 2. The van der Waals surface area contributed by atoms with E-state index in [1.165, 1.54) is 49.6 Å². The monoisotopic (exact) mass is 716 g/mol. The van der Waals surface area contributed by atoms with Crippen molar-refractivity contribution >= 4 is 61.4 Å². The van der Waals surface area contributed by atoms with E-state index in [0.717, 1.165) is 37.4 Å². The summed E-state index contributed by atoms with van der Waals surface area (Å²) < 4.78 is 35.4. The van der Waals surface area contributed by atoms with Crippen LogP contribution in [-0.2, 0) is 24.3 Å². The van der Waals surface area contributed by atoms with E-state index in [1.807, 2.05) is 98.8 Å². The van der Waals surface area contributed by atoms with Gasteiger partial charge in [0.05, 0.1) is 27.9 Å². The number of carbonyl (C=O) groups excluding carboxylic acids is 2. The minimum absolute atomic E-state index is 0.0934. The summed E-state index contributed by atoms with van der Waals surface area (Å²) in [5.74, 6) is -1.59. The zero-order valence-corrected chi connectivity index (χ0v) is 29.7. The predicted molar refractivity (Wildman–Crippen MR) is 201 cm³/mol. The molecule has 1 aliphatic heterocycles. The molecule has 0 aromatic heterocycles. The molecule has 11 heteroatoms. The van der Waals surface area contributed by atoms with E-state index in [1.54, 1.807) is 12.1 Å². The lowest BCUT2D eigenvalue weighted by Gasteiger charge is -2.31. The molecule has 0 unspecified atom stereocenters. The first-order valence-corrected chi connectivity index (χ1v) is 19.1. The molecule has 1 heterocycles. The summed E-state index contributed by atoms with van der Waals surface area (Å²) in [5.41, 5.74) is 1.56. The van der Waals surface area contributed by atoms with Gasteiger partial charge in [-0.25, -0.2) is 13.2 Å². The Morgan fingerprint density at radius 2 is 1.29 bits per heavy atom. The molecule has 0 spiro atoms. The summed E-state index contributed by atoms with van der Waals surface area (Å²) in [5, 5.41) is 14.4. The van der Waals surface area contributed by atoms with Crippen molar-refractivity contribution in [3.63, 3.8) is 0 Å². The highest BCUT2D eigenvalue weighted by Crippen LogP contribution is 2.52. The summed E-state index contributed by atoms with van der Waals surface area (Å²) in [6, 6.07) is 38.1. The number of nitrogens with zero attached hydrogens (tertiary/aromatic N) is 2. The maximum absolute atomic E-state index is 15.6. The van der Waals surface area contributed by atoms with Crippen LogP contribution >= 0.6 is 6.89 Å². The molecule has 0 atom stereocenters. The third-order valence-corrected chi connectivity index (χ3v) is 14.6. The van der Waals surface area contributed by atoms with Gasteiger partial charge < -0.3 is 4.74 Å². The molecule has 0 fully saturated rings. The normalized spacial score (nSPS) is 13.6. The number of amides is 1. The number of ether oxygens (including phenoxy) is 1. The van der Waals surface area contributed by atoms with E-state index in [9.17, 15) is 23.3 Å². The second-order valence-electron chi connectivity index (χ2n) is 11.8. The van der Waals surface area contributed by atoms with Crippen molar-refractivity contribution in [2.45, 2.75) is 18.7 Å². The number of benzene rings is 5. The highest BCUT2D eigenvalue weighted by atomic mass is 32.2. The first-order chi connectivity index (χ1) is 24.5. The van der Waals surface area contributed by atoms with E-state index in [-0.39, 0.29) is 32.7 Å². The smallest absolute Gasteiger partial charge is 0.330 e. The van der Waals surface area contributed by atoms with Gasteiger partial charge in [-0.2, -0.15) is 4.31 Å². The molecule has 0 saturated carbocycles. The van der Waals surface area contributed by atoms with Gasteiger partial charge in [0.25, 0.3) is 21.6 Å². The molecule has 1 amide bonds. The maximum Gasteiger partial charge on any atom is 0.330 e. The van der Waals surface area contributed by atoms with Gasteiger partial charge in [0.15, 0.2) is 0 Å². The van der Waals surface area contributed by atoms with Crippen LogP contribution in [0.3, 0.4) is 0 Å². The van der Waals surface area contributed by atoms with Gasteiger partial charge >= 0.3 is 5.97 Å². The number of non-ortho nitro benzene ring substituents is 1. The lowest BCUT2D eigenvalue weighted by atomic mass is 10.1. The Morgan fingerprint density at radius 1 is 0.765 bits per heavy atom. The molecule has 5 aromatic rings. The Balaban J connectivity index is 1.91. The number of allylic oxidation sites excluding steroid dienone is 1. The van der Waals surface area contributed by atoms with Crippen LogP contribution in [0.2, 0.25) is 0 Å². The first-order valence-electron chi connectivity index (χ1n) is 15.9. The van der Waals surface area contributed by atoms with Gasteiger partial charge in [-0.05, 0) is 54.9 Å². The number of hydrogen-bond donors (Lipinski definition) is 0. The van der Waals surface area contributed by atoms with Crippen LogP contribution in [0.1, 0.15) is 16.7 Å². The fraction of sp³-hybridized carbons (Fsp3) is 0.0750. The zero-order valence-electron chi connectivity index (χ0n) is 28.0. The van der Waals surface area contributed by atoms with Crippen molar-refractivity contribution in [3.8, 4) is 0 Å². The van der Waals surface area contributed by atoms with Crippen LogP contribution in [0, 0.1) is 24.0 Å². The standard InChI is InChI=1S/C40H33N2O7PS/c1-28-17-21-34(22-18-28)50(32-13-6-4-7-14-32,33-15-8-5-9-16-33)39-36(25-26-37(43)49-3)38(30-11-10-12-31(27-30)42(45)46)41(40(39)44)51(47,48)35-23-19-29(2)20-24-35/h4-27H,1-3H3/b26-25+. The van der Waals surface area contributed by atoms with Gasteiger partial charge in [-0.1, -0.05) is 120 Å². The van der Waals surface area contributed by atoms with E-state index < -0.39 is 33.7 Å². The van der Waals surface area contributed by atoms with E-state index >= 15 is 4.79 Å². The molecular formula is C40H33N2O7PS. The highest BCUT2D eigenvalue weighted by Gasteiger charge is 2.48. The number of methoxy groups -OCH3 is 1. The van der Waals surface area contributed by atoms with Crippen molar-refractivity contribution in [2.24, 2.45) is 0 Å². The molecule has 51 heavy (non-hydrogen) atoms. The Bertz CT molecular complexity index is 2340. The molecule has 1 aliphatic rings. The Hall–Kier alpha value is -5.83. The number of nitro groups is 1. The molecule has 0 saturated heterocycles. The fourth-order valence-electron chi connectivity index (χ4n) is 6.23. The van der Waals surface area contributed by atoms with Crippen molar-refractivity contribution < 1.29 is 27.7 Å². The topological polar surface area (TPSA) is 124 Å². The molecular weight excluding hydrogens is 683 g/mol.